The molecule has 0 unspecified atom stereocenters. The molecule has 0 saturated heterocycles. The molecule has 0 radical (unpaired) electrons. The van der Waals surface area contributed by atoms with Gasteiger partial charge in [-0.05, 0) is 24.3 Å². The summed E-state index contributed by atoms with van der Waals surface area (Å²) in [6.07, 6.45) is -0.103. The van der Waals surface area contributed by atoms with Gasteiger partial charge in [-0.15, -0.1) is 5.10 Å². The highest BCUT2D eigenvalue weighted by Gasteiger charge is 2.35. The topological polar surface area (TPSA) is 88.9 Å². The Balaban J connectivity index is 1.51. The quantitative estimate of drug-likeness (QED) is 0.756. The Kier molecular flexibility index (Phi) is 3.92. The number of nitrogens with zero attached hydrogens (tertiary/aromatic N) is 3. The summed E-state index contributed by atoms with van der Waals surface area (Å²) in [6, 6.07) is 14.0. The van der Waals surface area contributed by atoms with Crippen LogP contribution in [0.3, 0.4) is 0 Å². The zero-order valence-corrected chi connectivity index (χ0v) is 13.5. The van der Waals surface area contributed by atoms with Crippen molar-refractivity contribution in [2.24, 2.45) is 0 Å². The van der Waals surface area contributed by atoms with E-state index in [9.17, 15) is 14.0 Å². The van der Waals surface area contributed by atoms with Crippen LogP contribution in [0.25, 0.3) is 11.4 Å². The van der Waals surface area contributed by atoms with Crippen molar-refractivity contribution >= 4 is 23.5 Å². The molecule has 1 aliphatic heterocycles. The normalized spacial score (nSPS) is 15.4. The highest BCUT2D eigenvalue weighted by atomic mass is 19.1. The third-order valence-electron chi connectivity index (χ3n) is 4.00. The summed E-state index contributed by atoms with van der Waals surface area (Å²) in [5, 5.41) is 9.63. The molecular formula is C18H14FN5O2. The number of rotatable bonds is 4. The van der Waals surface area contributed by atoms with Crippen LogP contribution in [0.2, 0.25) is 0 Å². The summed E-state index contributed by atoms with van der Waals surface area (Å²) in [7, 11) is 0. The third-order valence-corrected chi connectivity index (χ3v) is 4.00. The number of amides is 2. The summed E-state index contributed by atoms with van der Waals surface area (Å²) < 4.78 is 14.4. The second kappa shape index (κ2) is 6.40. The van der Waals surface area contributed by atoms with Crippen molar-refractivity contribution in [3.63, 3.8) is 0 Å². The number of halogens is 1. The van der Waals surface area contributed by atoms with E-state index >= 15 is 0 Å². The van der Waals surface area contributed by atoms with Crippen LogP contribution in [-0.2, 0) is 9.59 Å². The number of aromatic nitrogens is 3. The minimum absolute atomic E-state index is 0.103. The lowest BCUT2D eigenvalue weighted by molar-refractivity contribution is -0.123. The summed E-state index contributed by atoms with van der Waals surface area (Å²) in [6.45, 7) is 0. The molecule has 130 valence electrons. The van der Waals surface area contributed by atoms with Crippen LogP contribution in [0.4, 0.5) is 16.0 Å². The lowest BCUT2D eigenvalue weighted by Gasteiger charge is -2.09. The maximum atomic E-state index is 12.9. The number of hydrogen-bond acceptors (Lipinski definition) is 4. The highest BCUT2D eigenvalue weighted by Crippen LogP contribution is 2.28. The summed E-state index contributed by atoms with van der Waals surface area (Å²) in [5.41, 5.74) is 1.27. The van der Waals surface area contributed by atoms with Crippen molar-refractivity contribution in [3.8, 4) is 11.4 Å². The van der Waals surface area contributed by atoms with Gasteiger partial charge < -0.3 is 5.32 Å². The smallest absolute Gasteiger partial charge is 0.252 e. The number of anilines is 2. The maximum absolute atomic E-state index is 12.9. The molecule has 0 saturated carbocycles. The second-order valence-electron chi connectivity index (χ2n) is 5.83. The van der Waals surface area contributed by atoms with E-state index in [0.717, 1.165) is 5.56 Å². The molecule has 0 spiro atoms. The predicted octanol–water partition coefficient (Wildman–Crippen LogP) is 2.61. The lowest BCUT2D eigenvalue weighted by Crippen LogP contribution is -2.23. The number of carbonyl (C=O) groups excluding carboxylic acids is 2. The molecule has 0 fully saturated rings. The van der Waals surface area contributed by atoms with Gasteiger partial charge in [-0.25, -0.2) is 9.07 Å². The van der Waals surface area contributed by atoms with Crippen molar-refractivity contribution in [1.29, 1.82) is 0 Å². The molecule has 2 N–H and O–H groups in total. The molecule has 3 aromatic rings. The standard InChI is InChI=1S/C18H14FN5O2/c19-12-6-8-13(9-7-12)20-15(25)10-14-17(26)22-18-21-16(23-24(14)18)11-4-2-1-3-5-11/h1-9,14H,10H2,(H,20,25)(H,21,22,23,26)/t14-/m0/s1. The molecule has 1 atom stereocenters. The van der Waals surface area contributed by atoms with Crippen molar-refractivity contribution in [2.45, 2.75) is 12.5 Å². The van der Waals surface area contributed by atoms with Gasteiger partial charge in [0.2, 0.25) is 11.9 Å². The largest absolute Gasteiger partial charge is 0.326 e. The fourth-order valence-corrected chi connectivity index (χ4v) is 2.74. The highest BCUT2D eigenvalue weighted by molar-refractivity contribution is 6.01. The summed E-state index contributed by atoms with van der Waals surface area (Å²) in [4.78, 5) is 28.7. The molecule has 2 heterocycles. The average Bonchev–Trinajstić information content (AvgIpc) is 3.17. The molecule has 1 aliphatic rings. The first-order chi connectivity index (χ1) is 12.6. The van der Waals surface area contributed by atoms with Gasteiger partial charge in [-0.2, -0.15) is 4.98 Å². The Bertz CT molecular complexity index is 969. The number of hydrogen-bond donors (Lipinski definition) is 2. The first-order valence-electron chi connectivity index (χ1n) is 7.98. The number of fused-ring (bicyclic) bond motifs is 1. The molecule has 8 heteroatoms. The first kappa shape index (κ1) is 15.9. The van der Waals surface area contributed by atoms with Crippen molar-refractivity contribution in [2.75, 3.05) is 10.6 Å². The third kappa shape index (κ3) is 3.04. The van der Waals surface area contributed by atoms with Crippen LogP contribution >= 0.6 is 0 Å². The molecule has 4 rings (SSSR count). The minimum Gasteiger partial charge on any atom is -0.326 e. The van der Waals surface area contributed by atoms with E-state index in [2.05, 4.69) is 20.7 Å². The van der Waals surface area contributed by atoms with Crippen molar-refractivity contribution in [1.82, 2.24) is 14.8 Å². The first-order valence-corrected chi connectivity index (χ1v) is 7.98. The van der Waals surface area contributed by atoms with Crippen LogP contribution in [0.1, 0.15) is 12.5 Å². The molecule has 26 heavy (non-hydrogen) atoms. The fraction of sp³-hybridized carbons (Fsp3) is 0.111. The minimum atomic E-state index is -0.782. The van der Waals surface area contributed by atoms with Gasteiger partial charge in [0.05, 0.1) is 6.42 Å². The number of benzene rings is 2. The van der Waals surface area contributed by atoms with Gasteiger partial charge in [0.15, 0.2) is 5.82 Å². The molecule has 7 nitrogen and oxygen atoms in total. The van der Waals surface area contributed by atoms with Gasteiger partial charge in [0, 0.05) is 11.3 Å². The molecule has 2 aromatic carbocycles. The van der Waals surface area contributed by atoms with E-state index in [0.29, 0.717) is 17.5 Å². The molecule has 0 bridgehead atoms. The van der Waals surface area contributed by atoms with Crippen LogP contribution < -0.4 is 10.6 Å². The van der Waals surface area contributed by atoms with E-state index < -0.39 is 6.04 Å². The van der Waals surface area contributed by atoms with Crippen LogP contribution in [0.15, 0.2) is 54.6 Å². The zero-order valence-electron chi connectivity index (χ0n) is 13.5. The molecule has 0 aliphatic carbocycles. The van der Waals surface area contributed by atoms with Gasteiger partial charge in [0.25, 0.3) is 5.91 Å². The van der Waals surface area contributed by atoms with Crippen LogP contribution in [0, 0.1) is 5.82 Å². The van der Waals surface area contributed by atoms with Gasteiger partial charge >= 0.3 is 0 Å². The maximum Gasteiger partial charge on any atom is 0.252 e. The van der Waals surface area contributed by atoms with E-state index in [1.54, 1.807) is 0 Å². The Morgan fingerprint density at radius 3 is 2.62 bits per heavy atom. The van der Waals surface area contributed by atoms with E-state index in [4.69, 9.17) is 0 Å². The van der Waals surface area contributed by atoms with E-state index in [1.165, 1.54) is 28.9 Å². The van der Waals surface area contributed by atoms with Gasteiger partial charge in [-0.1, -0.05) is 30.3 Å². The van der Waals surface area contributed by atoms with Crippen LogP contribution in [0.5, 0.6) is 0 Å². The lowest BCUT2D eigenvalue weighted by atomic mass is 10.2. The Hall–Kier alpha value is -3.55. The zero-order chi connectivity index (χ0) is 18.1. The van der Waals surface area contributed by atoms with Crippen LogP contribution in [-0.4, -0.2) is 26.6 Å². The second-order valence-corrected chi connectivity index (χ2v) is 5.83. The number of nitrogens with one attached hydrogen (secondary N) is 2. The van der Waals surface area contributed by atoms with Gasteiger partial charge in [0.1, 0.15) is 11.9 Å². The van der Waals surface area contributed by atoms with E-state index in [1.807, 2.05) is 30.3 Å². The average molecular weight is 351 g/mol. The molecular weight excluding hydrogens is 337 g/mol. The Morgan fingerprint density at radius 2 is 1.88 bits per heavy atom. The van der Waals surface area contributed by atoms with E-state index in [-0.39, 0.29) is 24.1 Å². The Morgan fingerprint density at radius 1 is 1.15 bits per heavy atom. The summed E-state index contributed by atoms with van der Waals surface area (Å²) >= 11 is 0. The fourth-order valence-electron chi connectivity index (χ4n) is 2.74. The van der Waals surface area contributed by atoms with Crippen molar-refractivity contribution in [3.05, 3.63) is 60.4 Å². The molecule has 2 amide bonds. The number of carbonyl (C=O) groups is 2. The SMILES string of the molecule is O=C(C[C@H]1C(=O)Nc2nc(-c3ccccc3)nn21)Nc1ccc(F)cc1. The Labute approximate surface area is 147 Å². The molecule has 1 aromatic heterocycles. The van der Waals surface area contributed by atoms with Gasteiger partial charge in [-0.3, -0.25) is 14.9 Å². The summed E-state index contributed by atoms with van der Waals surface area (Å²) in [5.74, 6) is -0.313. The monoisotopic (exact) mass is 351 g/mol. The predicted molar refractivity (Wildman–Crippen MR) is 92.8 cm³/mol. The van der Waals surface area contributed by atoms with Crippen molar-refractivity contribution < 1.29 is 14.0 Å².